The maximum atomic E-state index is 12.5. The minimum atomic E-state index is -0.273. The first-order valence-corrected chi connectivity index (χ1v) is 7.85. The fourth-order valence-corrected chi connectivity index (χ4v) is 2.89. The van der Waals surface area contributed by atoms with Crippen molar-refractivity contribution >= 4 is 44.6 Å². The number of hydrogen-bond acceptors (Lipinski definition) is 3. The molecule has 0 saturated carbocycles. The molecule has 23 heavy (non-hydrogen) atoms. The van der Waals surface area contributed by atoms with Gasteiger partial charge in [0.15, 0.2) is 0 Å². The quantitative estimate of drug-likeness (QED) is 0.708. The largest absolute Gasteiger partial charge is 0.320 e. The third kappa shape index (κ3) is 3.29. The highest BCUT2D eigenvalue weighted by Gasteiger charge is 2.13. The van der Waals surface area contributed by atoms with Gasteiger partial charge in [-0.05, 0) is 45.1 Å². The monoisotopic (exact) mass is 368 g/mol. The summed E-state index contributed by atoms with van der Waals surface area (Å²) in [4.78, 5) is 27.3. The zero-order chi connectivity index (χ0) is 16.2. The summed E-state index contributed by atoms with van der Waals surface area (Å²) in [6, 6.07) is 14.9. The number of halogens is 1. The molecule has 0 atom stereocenters. The van der Waals surface area contributed by atoms with Crippen molar-refractivity contribution in [3.05, 3.63) is 70.5 Å². The second-order valence-corrected chi connectivity index (χ2v) is 5.87. The summed E-state index contributed by atoms with van der Waals surface area (Å²) in [6.45, 7) is 0. The predicted molar refractivity (Wildman–Crippen MR) is 93.6 cm³/mol. The van der Waals surface area contributed by atoms with E-state index in [1.165, 1.54) is 0 Å². The van der Waals surface area contributed by atoms with E-state index in [1.54, 1.807) is 12.3 Å². The number of amides is 1. The topological polar surface area (TPSA) is 59.1 Å². The number of fused-ring (bicyclic) bond motifs is 1. The second kappa shape index (κ2) is 6.71. The van der Waals surface area contributed by atoms with Gasteiger partial charge < -0.3 is 10.1 Å². The van der Waals surface area contributed by atoms with Crippen molar-refractivity contribution in [1.29, 1.82) is 0 Å². The number of carbonyl (C=O) groups excluding carboxylic acids is 2. The Bertz CT molecular complexity index is 888. The van der Waals surface area contributed by atoms with Crippen molar-refractivity contribution < 1.29 is 9.59 Å². The molecule has 1 amide bonds. The molecule has 0 spiro atoms. The molecule has 0 bridgehead atoms. The smallest absolute Gasteiger partial charge is 0.274 e. The molecule has 0 saturated heterocycles. The van der Waals surface area contributed by atoms with E-state index in [-0.39, 0.29) is 5.91 Å². The molecule has 0 radical (unpaired) electrons. The highest BCUT2D eigenvalue weighted by atomic mass is 79.9. The van der Waals surface area contributed by atoms with Gasteiger partial charge >= 0.3 is 0 Å². The van der Waals surface area contributed by atoms with Crippen LogP contribution in [0.15, 0.2) is 59.2 Å². The van der Waals surface area contributed by atoms with Gasteiger partial charge in [-0.25, -0.2) is 0 Å². The summed E-state index contributed by atoms with van der Waals surface area (Å²) >= 11 is 3.42. The second-order valence-electron chi connectivity index (χ2n) is 5.02. The summed E-state index contributed by atoms with van der Waals surface area (Å²) < 4.78 is 0.727. The van der Waals surface area contributed by atoms with E-state index in [0.717, 1.165) is 27.1 Å². The summed E-state index contributed by atoms with van der Waals surface area (Å²) in [5, 5.41) is 4.62. The Morgan fingerprint density at radius 2 is 2.00 bits per heavy atom. The number of carbonyl (C=O) groups is 2. The first-order valence-electron chi connectivity index (χ1n) is 7.06. The lowest BCUT2D eigenvalue weighted by atomic mass is 10.1. The normalized spacial score (nSPS) is 10.5. The molecule has 3 aromatic rings. The summed E-state index contributed by atoms with van der Waals surface area (Å²) in [7, 11) is 0. The van der Waals surface area contributed by atoms with Crippen LogP contribution in [0.5, 0.6) is 0 Å². The molecular formula is C18H13BrN2O2. The Hall–Kier alpha value is -2.53. The van der Waals surface area contributed by atoms with Gasteiger partial charge in [-0.1, -0.05) is 30.3 Å². The zero-order valence-corrected chi connectivity index (χ0v) is 13.7. The van der Waals surface area contributed by atoms with Crippen LogP contribution in [0.1, 0.15) is 16.1 Å². The van der Waals surface area contributed by atoms with E-state index in [4.69, 9.17) is 0 Å². The minimum Gasteiger partial charge on any atom is -0.320 e. The lowest BCUT2D eigenvalue weighted by Crippen LogP contribution is -2.14. The first-order chi connectivity index (χ1) is 11.2. The molecular weight excluding hydrogens is 356 g/mol. The fourth-order valence-electron chi connectivity index (χ4n) is 2.37. The minimum absolute atomic E-state index is 0.273. The van der Waals surface area contributed by atoms with E-state index < -0.39 is 0 Å². The van der Waals surface area contributed by atoms with Gasteiger partial charge in [-0.2, -0.15) is 0 Å². The first kappa shape index (κ1) is 15.4. The maximum Gasteiger partial charge on any atom is 0.274 e. The number of benzene rings is 2. The maximum absolute atomic E-state index is 12.5. The number of aromatic nitrogens is 1. The Balaban J connectivity index is 1.90. The van der Waals surface area contributed by atoms with Crippen LogP contribution in [0, 0.1) is 0 Å². The molecule has 0 fully saturated rings. The molecule has 1 heterocycles. The van der Waals surface area contributed by atoms with Gasteiger partial charge in [0, 0.05) is 22.5 Å². The predicted octanol–water partition coefficient (Wildman–Crippen LogP) is 3.99. The molecule has 0 aliphatic carbocycles. The van der Waals surface area contributed by atoms with E-state index >= 15 is 0 Å². The molecule has 1 N–H and O–H groups in total. The molecule has 0 aliphatic rings. The van der Waals surface area contributed by atoms with Gasteiger partial charge in [0.2, 0.25) is 0 Å². The standard InChI is InChI=1S/C18H13BrN2O2/c19-15-11-12(8-10-22)5-6-16(15)21-18(23)17-14-4-2-1-3-13(14)7-9-20-17/h1-7,9-11H,8H2,(H,21,23). The Morgan fingerprint density at radius 3 is 2.78 bits per heavy atom. The third-order valence-corrected chi connectivity index (χ3v) is 4.15. The Morgan fingerprint density at radius 1 is 1.17 bits per heavy atom. The van der Waals surface area contributed by atoms with E-state index in [2.05, 4.69) is 26.2 Å². The van der Waals surface area contributed by atoms with Gasteiger partial charge in [-0.15, -0.1) is 0 Å². The molecule has 5 heteroatoms. The molecule has 4 nitrogen and oxygen atoms in total. The van der Waals surface area contributed by atoms with Crippen LogP contribution in [0.4, 0.5) is 5.69 Å². The van der Waals surface area contributed by atoms with Crippen LogP contribution in [0.25, 0.3) is 10.8 Å². The molecule has 1 aromatic heterocycles. The van der Waals surface area contributed by atoms with Crippen molar-refractivity contribution in [3.8, 4) is 0 Å². The van der Waals surface area contributed by atoms with Gasteiger partial charge in [0.05, 0.1) is 5.69 Å². The SMILES string of the molecule is O=CCc1ccc(NC(=O)c2nccc3ccccc23)c(Br)c1. The van der Waals surface area contributed by atoms with E-state index in [0.29, 0.717) is 17.8 Å². The number of nitrogens with one attached hydrogen (secondary N) is 1. The Labute approximate surface area is 141 Å². The van der Waals surface area contributed by atoms with Gasteiger partial charge in [-0.3, -0.25) is 9.78 Å². The molecule has 3 rings (SSSR count). The van der Waals surface area contributed by atoms with Crippen molar-refractivity contribution in [2.75, 3.05) is 5.32 Å². The molecule has 0 unspecified atom stereocenters. The average Bonchev–Trinajstić information content (AvgIpc) is 2.57. The van der Waals surface area contributed by atoms with E-state index in [9.17, 15) is 9.59 Å². The number of rotatable bonds is 4. The van der Waals surface area contributed by atoms with Crippen molar-refractivity contribution in [3.63, 3.8) is 0 Å². The van der Waals surface area contributed by atoms with Crippen molar-refractivity contribution in [2.45, 2.75) is 6.42 Å². The average molecular weight is 369 g/mol. The van der Waals surface area contributed by atoms with Crippen LogP contribution >= 0.6 is 15.9 Å². The van der Waals surface area contributed by atoms with Crippen LogP contribution < -0.4 is 5.32 Å². The summed E-state index contributed by atoms with van der Waals surface area (Å²) in [5.74, 6) is -0.273. The number of nitrogens with zero attached hydrogens (tertiary/aromatic N) is 1. The fraction of sp³-hybridized carbons (Fsp3) is 0.0556. The van der Waals surface area contributed by atoms with Gasteiger partial charge in [0.1, 0.15) is 12.0 Å². The van der Waals surface area contributed by atoms with Crippen LogP contribution in [-0.4, -0.2) is 17.2 Å². The highest BCUT2D eigenvalue weighted by molar-refractivity contribution is 9.10. The molecule has 114 valence electrons. The van der Waals surface area contributed by atoms with Crippen LogP contribution in [0.3, 0.4) is 0 Å². The molecule has 0 aliphatic heterocycles. The summed E-state index contributed by atoms with van der Waals surface area (Å²) in [6.07, 6.45) is 2.82. The van der Waals surface area contributed by atoms with Crippen molar-refractivity contribution in [2.24, 2.45) is 0 Å². The number of hydrogen-bond donors (Lipinski definition) is 1. The highest BCUT2D eigenvalue weighted by Crippen LogP contribution is 2.25. The Kier molecular flexibility index (Phi) is 4.48. The summed E-state index contributed by atoms with van der Waals surface area (Å²) in [5.41, 5.74) is 1.90. The third-order valence-electron chi connectivity index (χ3n) is 3.49. The van der Waals surface area contributed by atoms with Gasteiger partial charge in [0.25, 0.3) is 5.91 Å². The zero-order valence-electron chi connectivity index (χ0n) is 12.1. The van der Waals surface area contributed by atoms with Crippen molar-refractivity contribution in [1.82, 2.24) is 4.98 Å². The number of anilines is 1. The molecule has 2 aromatic carbocycles. The number of aldehydes is 1. The number of pyridine rings is 1. The lowest BCUT2D eigenvalue weighted by molar-refractivity contribution is -0.107. The lowest BCUT2D eigenvalue weighted by Gasteiger charge is -2.09. The van der Waals surface area contributed by atoms with Crippen LogP contribution in [-0.2, 0) is 11.2 Å². The van der Waals surface area contributed by atoms with Crippen LogP contribution in [0.2, 0.25) is 0 Å². The van der Waals surface area contributed by atoms with E-state index in [1.807, 2.05) is 42.5 Å².